The number of nitrogens with two attached hydrogens (primary N) is 1. The highest BCUT2D eigenvalue weighted by atomic mass is 32.1. The highest BCUT2D eigenvalue weighted by Crippen LogP contribution is 2.10. The Labute approximate surface area is 114 Å². The van der Waals surface area contributed by atoms with Gasteiger partial charge in [-0.3, -0.25) is 4.79 Å². The number of thiazole rings is 1. The molecule has 0 spiro atoms. The summed E-state index contributed by atoms with van der Waals surface area (Å²) < 4.78 is 4.80. The number of nitrogens with zero attached hydrogens (tertiary/aromatic N) is 1. The highest BCUT2D eigenvalue weighted by Gasteiger charge is 2.21. The molecule has 7 nitrogen and oxygen atoms in total. The molecule has 1 amide bonds. The third kappa shape index (κ3) is 4.93. The van der Waals surface area contributed by atoms with E-state index in [1.54, 1.807) is 5.38 Å². The van der Waals surface area contributed by atoms with Gasteiger partial charge in [0.25, 0.3) is 5.91 Å². The lowest BCUT2D eigenvalue weighted by molar-refractivity contribution is -0.139. The van der Waals surface area contributed by atoms with Crippen molar-refractivity contribution in [2.75, 3.05) is 20.3 Å². The minimum atomic E-state index is -1.09. The molecule has 0 bridgehead atoms. The maximum atomic E-state index is 11.8. The minimum Gasteiger partial charge on any atom is -0.480 e. The van der Waals surface area contributed by atoms with Crippen LogP contribution in [0.15, 0.2) is 5.38 Å². The maximum Gasteiger partial charge on any atom is 0.326 e. The predicted molar refractivity (Wildman–Crippen MR) is 70.3 cm³/mol. The van der Waals surface area contributed by atoms with E-state index in [4.69, 9.17) is 15.6 Å². The predicted octanol–water partition coefficient (Wildman–Crippen LogP) is -0.136. The average molecular weight is 287 g/mol. The number of carboxylic acids is 1. The number of aromatic nitrogens is 1. The van der Waals surface area contributed by atoms with Gasteiger partial charge in [0.1, 0.15) is 11.7 Å². The zero-order valence-electron chi connectivity index (χ0n) is 10.6. The number of rotatable bonds is 8. The van der Waals surface area contributed by atoms with Crippen LogP contribution in [0.1, 0.15) is 21.9 Å². The lowest BCUT2D eigenvalue weighted by atomic mass is 10.2. The average Bonchev–Trinajstić information content (AvgIpc) is 2.83. The lowest BCUT2D eigenvalue weighted by Gasteiger charge is -2.12. The van der Waals surface area contributed by atoms with Crippen molar-refractivity contribution in [2.45, 2.75) is 18.9 Å². The number of carboxylic acid groups (broad SMARTS) is 1. The second kappa shape index (κ2) is 7.82. The Bertz CT molecular complexity index is 435. The van der Waals surface area contributed by atoms with Gasteiger partial charge in [0.05, 0.1) is 5.01 Å². The third-order valence-electron chi connectivity index (χ3n) is 2.36. The van der Waals surface area contributed by atoms with Crippen LogP contribution in [0.2, 0.25) is 0 Å². The molecule has 0 aromatic carbocycles. The molecule has 0 aliphatic carbocycles. The van der Waals surface area contributed by atoms with Crippen LogP contribution in [0.5, 0.6) is 0 Å². The fourth-order valence-electron chi connectivity index (χ4n) is 1.38. The minimum absolute atomic E-state index is 0.206. The van der Waals surface area contributed by atoms with E-state index >= 15 is 0 Å². The molecule has 1 heterocycles. The van der Waals surface area contributed by atoms with Gasteiger partial charge >= 0.3 is 5.97 Å². The molecule has 0 fully saturated rings. The van der Waals surface area contributed by atoms with E-state index in [0.29, 0.717) is 13.0 Å². The van der Waals surface area contributed by atoms with Crippen LogP contribution in [0.4, 0.5) is 0 Å². The number of methoxy groups -OCH3 is 1. The molecule has 0 saturated carbocycles. The lowest BCUT2D eigenvalue weighted by Crippen LogP contribution is -2.41. The van der Waals surface area contributed by atoms with Gasteiger partial charge in [0.2, 0.25) is 0 Å². The molecule has 0 aliphatic heterocycles. The van der Waals surface area contributed by atoms with Crippen LogP contribution < -0.4 is 11.1 Å². The highest BCUT2D eigenvalue weighted by molar-refractivity contribution is 7.09. The first-order chi connectivity index (χ1) is 9.08. The van der Waals surface area contributed by atoms with E-state index in [9.17, 15) is 9.59 Å². The van der Waals surface area contributed by atoms with Gasteiger partial charge in [-0.1, -0.05) is 0 Å². The number of aliphatic carboxylic acids is 1. The van der Waals surface area contributed by atoms with E-state index in [1.807, 2.05) is 0 Å². The second-order valence-corrected chi connectivity index (χ2v) is 4.75. The van der Waals surface area contributed by atoms with Crippen molar-refractivity contribution in [1.29, 1.82) is 0 Å². The Morgan fingerprint density at radius 3 is 2.95 bits per heavy atom. The van der Waals surface area contributed by atoms with Gasteiger partial charge in [0, 0.05) is 31.9 Å². The largest absolute Gasteiger partial charge is 0.480 e. The summed E-state index contributed by atoms with van der Waals surface area (Å²) in [5, 5.41) is 13.8. The maximum absolute atomic E-state index is 11.8. The van der Waals surface area contributed by atoms with Crippen molar-refractivity contribution in [3.63, 3.8) is 0 Å². The summed E-state index contributed by atoms with van der Waals surface area (Å²) in [5.74, 6) is -1.59. The number of hydrogen-bond donors (Lipinski definition) is 3. The zero-order chi connectivity index (χ0) is 14.3. The number of carbonyl (C=O) groups is 2. The molecule has 1 aromatic rings. The Kier molecular flexibility index (Phi) is 6.40. The number of amides is 1. The van der Waals surface area contributed by atoms with Gasteiger partial charge in [-0.15, -0.1) is 11.3 Å². The van der Waals surface area contributed by atoms with E-state index in [-0.39, 0.29) is 18.7 Å². The van der Waals surface area contributed by atoms with Crippen LogP contribution in [0, 0.1) is 0 Å². The molecule has 0 saturated heterocycles. The monoisotopic (exact) mass is 287 g/mol. The first-order valence-corrected chi connectivity index (χ1v) is 6.63. The summed E-state index contributed by atoms with van der Waals surface area (Å²) >= 11 is 1.33. The molecule has 19 heavy (non-hydrogen) atoms. The molecule has 1 aromatic heterocycles. The SMILES string of the molecule is COCCC(NC(=O)c1csc(CCN)n1)C(=O)O. The van der Waals surface area contributed by atoms with Crippen molar-refractivity contribution >= 4 is 23.2 Å². The number of ether oxygens (including phenoxy) is 1. The molecule has 1 atom stereocenters. The quantitative estimate of drug-likeness (QED) is 0.613. The summed E-state index contributed by atoms with van der Waals surface area (Å²) in [6.45, 7) is 0.715. The molecular formula is C11H17N3O4S. The van der Waals surface area contributed by atoms with Gasteiger partial charge < -0.3 is 20.9 Å². The van der Waals surface area contributed by atoms with E-state index < -0.39 is 17.9 Å². The molecule has 4 N–H and O–H groups in total. The number of carbonyl (C=O) groups excluding carboxylic acids is 1. The van der Waals surface area contributed by atoms with Crippen molar-refractivity contribution in [3.8, 4) is 0 Å². The molecule has 1 unspecified atom stereocenters. The standard InChI is InChI=1S/C11H17N3O4S/c1-18-5-3-7(11(16)17)14-10(15)8-6-19-9(13-8)2-4-12/h6-7H,2-5,12H2,1H3,(H,14,15)(H,16,17). The van der Waals surface area contributed by atoms with Crippen LogP contribution in [-0.2, 0) is 16.0 Å². The topological polar surface area (TPSA) is 115 Å². The summed E-state index contributed by atoms with van der Waals surface area (Å²) in [5.41, 5.74) is 5.62. The van der Waals surface area contributed by atoms with Crippen LogP contribution in [0.25, 0.3) is 0 Å². The molecule has 1 rings (SSSR count). The van der Waals surface area contributed by atoms with Crippen LogP contribution in [0.3, 0.4) is 0 Å². The van der Waals surface area contributed by atoms with E-state index in [0.717, 1.165) is 5.01 Å². The Morgan fingerprint density at radius 1 is 1.63 bits per heavy atom. The molecule has 8 heteroatoms. The second-order valence-electron chi connectivity index (χ2n) is 3.81. The van der Waals surface area contributed by atoms with Crippen LogP contribution >= 0.6 is 11.3 Å². The van der Waals surface area contributed by atoms with Gasteiger partial charge in [0.15, 0.2) is 0 Å². The van der Waals surface area contributed by atoms with Crippen molar-refractivity contribution in [1.82, 2.24) is 10.3 Å². The Hall–Kier alpha value is -1.51. The van der Waals surface area contributed by atoms with Gasteiger partial charge in [-0.25, -0.2) is 9.78 Å². The number of nitrogens with one attached hydrogen (secondary N) is 1. The van der Waals surface area contributed by atoms with Crippen LogP contribution in [-0.4, -0.2) is 48.3 Å². The van der Waals surface area contributed by atoms with E-state index in [2.05, 4.69) is 10.3 Å². The zero-order valence-corrected chi connectivity index (χ0v) is 11.4. The normalized spacial score (nSPS) is 12.1. The van der Waals surface area contributed by atoms with Gasteiger partial charge in [-0.2, -0.15) is 0 Å². The van der Waals surface area contributed by atoms with Crippen molar-refractivity contribution < 1.29 is 19.4 Å². The summed E-state index contributed by atoms with van der Waals surface area (Å²) in [7, 11) is 1.47. The molecule has 0 aliphatic rings. The van der Waals surface area contributed by atoms with Gasteiger partial charge in [-0.05, 0) is 6.54 Å². The molecular weight excluding hydrogens is 270 g/mol. The molecule has 0 radical (unpaired) electrons. The smallest absolute Gasteiger partial charge is 0.326 e. The fraction of sp³-hybridized carbons (Fsp3) is 0.545. The Balaban J connectivity index is 2.62. The van der Waals surface area contributed by atoms with Crippen molar-refractivity contribution in [2.24, 2.45) is 5.73 Å². The number of hydrogen-bond acceptors (Lipinski definition) is 6. The summed E-state index contributed by atoms with van der Waals surface area (Å²) in [6, 6.07) is -0.980. The first-order valence-electron chi connectivity index (χ1n) is 5.75. The summed E-state index contributed by atoms with van der Waals surface area (Å²) in [4.78, 5) is 26.9. The summed E-state index contributed by atoms with van der Waals surface area (Å²) in [6.07, 6.45) is 0.807. The third-order valence-corrected chi connectivity index (χ3v) is 3.27. The fourth-order valence-corrected chi connectivity index (χ4v) is 2.17. The molecule has 106 valence electrons. The van der Waals surface area contributed by atoms with E-state index in [1.165, 1.54) is 18.4 Å². The van der Waals surface area contributed by atoms with Crippen molar-refractivity contribution in [3.05, 3.63) is 16.1 Å². The Morgan fingerprint density at radius 2 is 2.37 bits per heavy atom. The first kappa shape index (κ1) is 15.5.